The highest BCUT2D eigenvalue weighted by atomic mass is 16.1. The van der Waals surface area contributed by atoms with Gasteiger partial charge in [0.25, 0.3) is 0 Å². The van der Waals surface area contributed by atoms with Crippen molar-refractivity contribution in [1.82, 2.24) is 19.9 Å². The Labute approximate surface area is 197 Å². The van der Waals surface area contributed by atoms with Gasteiger partial charge in [-0.2, -0.15) is 0 Å². The van der Waals surface area contributed by atoms with Crippen molar-refractivity contribution in [3.05, 3.63) is 93.6 Å². The SMILES string of the molecule is C/C=C1/CN2CCc3c([nH]c4ccccc34)[C@@H]2C[C@@H]1Cc1[nH]ccc2c1[nH]c1cc(=O)ccc12. The molecule has 3 N–H and O–H groups in total. The second-order valence-electron chi connectivity index (χ2n) is 9.88. The summed E-state index contributed by atoms with van der Waals surface area (Å²) >= 11 is 0. The summed E-state index contributed by atoms with van der Waals surface area (Å²) in [5.41, 5.74) is 9.01. The summed E-state index contributed by atoms with van der Waals surface area (Å²) in [7, 11) is 0. The summed E-state index contributed by atoms with van der Waals surface area (Å²) in [6, 6.07) is 16.6. The van der Waals surface area contributed by atoms with E-state index in [9.17, 15) is 4.79 Å². The van der Waals surface area contributed by atoms with E-state index in [1.54, 1.807) is 12.1 Å². The van der Waals surface area contributed by atoms with Crippen LogP contribution in [0.25, 0.3) is 32.7 Å². The Bertz CT molecular complexity index is 1650. The predicted molar refractivity (Wildman–Crippen MR) is 138 cm³/mol. The Morgan fingerprint density at radius 1 is 1.03 bits per heavy atom. The molecule has 5 heterocycles. The van der Waals surface area contributed by atoms with Gasteiger partial charge in [-0.25, -0.2) is 0 Å². The van der Waals surface area contributed by atoms with Gasteiger partial charge < -0.3 is 15.0 Å². The summed E-state index contributed by atoms with van der Waals surface area (Å²) in [6.45, 7) is 4.33. The first-order chi connectivity index (χ1) is 16.7. The Morgan fingerprint density at radius 3 is 2.85 bits per heavy atom. The van der Waals surface area contributed by atoms with Crippen molar-refractivity contribution in [3.8, 4) is 0 Å². The van der Waals surface area contributed by atoms with Crippen molar-refractivity contribution in [2.24, 2.45) is 5.92 Å². The summed E-state index contributed by atoms with van der Waals surface area (Å²) in [5.74, 6) is 0.465. The second kappa shape index (κ2) is 7.47. The smallest absolute Gasteiger partial charge is 0.180 e. The summed E-state index contributed by atoms with van der Waals surface area (Å²) in [4.78, 5) is 25.4. The van der Waals surface area contributed by atoms with E-state index in [2.05, 4.69) is 63.2 Å². The summed E-state index contributed by atoms with van der Waals surface area (Å²) < 4.78 is 0. The van der Waals surface area contributed by atoms with Crippen molar-refractivity contribution in [3.63, 3.8) is 0 Å². The van der Waals surface area contributed by atoms with Gasteiger partial charge in [-0.15, -0.1) is 0 Å². The van der Waals surface area contributed by atoms with Crippen LogP contribution >= 0.6 is 0 Å². The monoisotopic (exact) mass is 448 g/mol. The number of piperidine rings is 1. The van der Waals surface area contributed by atoms with Gasteiger partial charge in [-0.3, -0.25) is 9.69 Å². The molecule has 5 aromatic rings. The van der Waals surface area contributed by atoms with Crippen LogP contribution in [0.2, 0.25) is 0 Å². The fraction of sp³-hybridized carbons (Fsp3) is 0.276. The number of pyridine rings is 1. The lowest BCUT2D eigenvalue weighted by Crippen LogP contribution is -2.43. The number of allylic oxidation sites excluding steroid dienone is 1. The first-order valence-corrected chi connectivity index (χ1v) is 12.3. The first-order valence-electron chi connectivity index (χ1n) is 12.3. The molecule has 1 saturated heterocycles. The predicted octanol–water partition coefficient (Wildman–Crippen LogP) is 5.60. The molecule has 0 bridgehead atoms. The van der Waals surface area contributed by atoms with E-state index in [4.69, 9.17) is 0 Å². The van der Waals surface area contributed by atoms with E-state index in [1.165, 1.54) is 38.8 Å². The molecule has 1 fully saturated rings. The number of rotatable bonds is 2. The zero-order valence-electron chi connectivity index (χ0n) is 19.3. The molecule has 170 valence electrons. The lowest BCUT2D eigenvalue weighted by Gasteiger charge is -2.44. The molecule has 0 spiro atoms. The average molecular weight is 449 g/mol. The van der Waals surface area contributed by atoms with Crippen LogP contribution in [0.4, 0.5) is 0 Å². The van der Waals surface area contributed by atoms with Gasteiger partial charge in [0.2, 0.25) is 0 Å². The fourth-order valence-electron chi connectivity index (χ4n) is 6.47. The van der Waals surface area contributed by atoms with Gasteiger partial charge >= 0.3 is 0 Å². The van der Waals surface area contributed by atoms with Gasteiger partial charge in [0, 0.05) is 58.4 Å². The van der Waals surface area contributed by atoms with Crippen LogP contribution in [0.15, 0.2) is 71.2 Å². The third-order valence-electron chi connectivity index (χ3n) is 8.13. The Hall–Kier alpha value is -3.57. The van der Waals surface area contributed by atoms with E-state index < -0.39 is 0 Å². The number of H-pyrrole nitrogens is 3. The van der Waals surface area contributed by atoms with Crippen LogP contribution in [-0.4, -0.2) is 32.9 Å². The molecule has 0 amide bonds. The third kappa shape index (κ3) is 2.93. The van der Waals surface area contributed by atoms with Crippen molar-refractivity contribution in [2.75, 3.05) is 13.1 Å². The van der Waals surface area contributed by atoms with Crippen LogP contribution in [0.3, 0.4) is 0 Å². The quantitative estimate of drug-likeness (QED) is 0.308. The number of nitrogens with zero attached hydrogens (tertiary/aromatic N) is 1. The molecule has 5 nitrogen and oxygen atoms in total. The van der Waals surface area contributed by atoms with Gasteiger partial charge in [-0.05, 0) is 61.9 Å². The minimum absolute atomic E-state index is 0.0413. The second-order valence-corrected chi connectivity index (χ2v) is 9.88. The van der Waals surface area contributed by atoms with Crippen LogP contribution in [0.1, 0.15) is 36.3 Å². The maximum absolute atomic E-state index is 11.9. The maximum atomic E-state index is 11.9. The highest BCUT2D eigenvalue weighted by molar-refractivity contribution is 6.07. The third-order valence-corrected chi connectivity index (χ3v) is 8.13. The molecular weight excluding hydrogens is 420 g/mol. The molecule has 0 unspecified atom stereocenters. The molecule has 0 aliphatic carbocycles. The molecule has 2 aliphatic rings. The highest BCUT2D eigenvalue weighted by Gasteiger charge is 2.37. The minimum Gasteiger partial charge on any atom is -0.363 e. The molecule has 2 atom stereocenters. The summed E-state index contributed by atoms with van der Waals surface area (Å²) in [6.07, 6.45) is 7.54. The van der Waals surface area contributed by atoms with E-state index in [0.717, 1.165) is 48.8 Å². The van der Waals surface area contributed by atoms with Crippen LogP contribution < -0.4 is 5.43 Å². The van der Waals surface area contributed by atoms with E-state index in [-0.39, 0.29) is 5.43 Å². The number of aromatic nitrogens is 3. The van der Waals surface area contributed by atoms with Crippen molar-refractivity contribution >= 4 is 32.7 Å². The Balaban J connectivity index is 1.28. The lowest BCUT2D eigenvalue weighted by atomic mass is 9.79. The standard InChI is InChI=1S/C29H28N4O/c1-2-17-16-33-12-10-23-20-5-3-4-6-24(20)31-29(23)27(33)14-18(17)13-26-28-22(9-11-30-26)21-8-7-19(34)15-25(21)32-28/h2-9,11,15,18,27,30-32H,10,12-14,16H2,1H3/b17-2-/t18-,27-/m0/s1. The molecule has 3 aromatic heterocycles. The van der Waals surface area contributed by atoms with Crippen LogP contribution in [0.5, 0.6) is 0 Å². The zero-order chi connectivity index (χ0) is 22.8. The molecule has 34 heavy (non-hydrogen) atoms. The van der Waals surface area contributed by atoms with Crippen molar-refractivity contribution in [1.29, 1.82) is 0 Å². The van der Waals surface area contributed by atoms with Gasteiger partial charge in [0.1, 0.15) is 0 Å². The van der Waals surface area contributed by atoms with Gasteiger partial charge in [-0.1, -0.05) is 29.8 Å². The van der Waals surface area contributed by atoms with Crippen molar-refractivity contribution in [2.45, 2.75) is 32.2 Å². The van der Waals surface area contributed by atoms with Gasteiger partial charge in [0.05, 0.1) is 17.1 Å². The number of para-hydroxylation sites is 1. The Morgan fingerprint density at radius 2 is 1.94 bits per heavy atom. The minimum atomic E-state index is 0.0413. The van der Waals surface area contributed by atoms with Crippen molar-refractivity contribution < 1.29 is 0 Å². The number of nitrogens with one attached hydrogen (secondary N) is 3. The number of aromatic amines is 3. The first kappa shape index (κ1) is 19.9. The van der Waals surface area contributed by atoms with E-state index in [0.29, 0.717) is 12.0 Å². The van der Waals surface area contributed by atoms with Crippen LogP contribution in [-0.2, 0) is 12.8 Å². The Kier molecular flexibility index (Phi) is 4.36. The molecule has 5 heteroatoms. The van der Waals surface area contributed by atoms with E-state index in [1.807, 2.05) is 12.3 Å². The topological polar surface area (TPSA) is 67.7 Å². The lowest BCUT2D eigenvalue weighted by molar-refractivity contribution is 0.138. The number of fused-ring (bicyclic) bond motifs is 8. The molecule has 7 rings (SSSR count). The van der Waals surface area contributed by atoms with Gasteiger partial charge in [0.15, 0.2) is 5.43 Å². The van der Waals surface area contributed by atoms with E-state index >= 15 is 0 Å². The fourth-order valence-corrected chi connectivity index (χ4v) is 6.47. The number of benzene rings is 2. The molecule has 0 radical (unpaired) electrons. The zero-order valence-corrected chi connectivity index (χ0v) is 19.3. The molecule has 2 aliphatic heterocycles. The highest BCUT2D eigenvalue weighted by Crippen LogP contribution is 2.44. The molecule has 2 aromatic carbocycles. The number of hydrogen-bond acceptors (Lipinski definition) is 2. The largest absolute Gasteiger partial charge is 0.363 e. The average Bonchev–Trinajstić information content (AvgIpc) is 3.42. The van der Waals surface area contributed by atoms with Crippen LogP contribution in [0, 0.1) is 5.92 Å². The normalized spacial score (nSPS) is 22.0. The summed E-state index contributed by atoms with van der Waals surface area (Å²) in [5, 5.41) is 3.68. The number of hydrogen-bond donors (Lipinski definition) is 3. The maximum Gasteiger partial charge on any atom is 0.180 e. The molecular formula is C29H28N4O. The molecule has 0 saturated carbocycles.